The second-order valence-corrected chi connectivity index (χ2v) is 4.51. The number of ketones is 1. The Labute approximate surface area is 124 Å². The molecule has 0 bridgehead atoms. The molecule has 0 amide bonds. The van der Waals surface area contributed by atoms with E-state index in [0.29, 0.717) is 24.3 Å². The van der Waals surface area contributed by atoms with Crippen molar-refractivity contribution < 1.29 is 9.53 Å². The summed E-state index contributed by atoms with van der Waals surface area (Å²) in [6.07, 6.45) is 0. The number of nitrogens with zero attached hydrogens (tertiary/aromatic N) is 1. The molecule has 2 aromatic carbocycles. The average Bonchev–Trinajstić information content (AvgIpc) is 2.52. The number of hydrogen-bond donors (Lipinski definition) is 1. The minimum atomic E-state index is 0.0334. The largest absolute Gasteiger partial charge is 0.492 e. The van der Waals surface area contributed by atoms with E-state index in [1.165, 1.54) is 0 Å². The van der Waals surface area contributed by atoms with Crippen LogP contribution in [0.25, 0.3) is 0 Å². The van der Waals surface area contributed by atoms with E-state index in [0.717, 1.165) is 11.4 Å². The first-order chi connectivity index (χ1) is 10.2. The zero-order valence-electron chi connectivity index (χ0n) is 11.8. The Bertz CT molecular complexity index is 657. The van der Waals surface area contributed by atoms with E-state index in [9.17, 15) is 4.79 Å². The Morgan fingerprint density at radius 3 is 2.57 bits per heavy atom. The number of nitriles is 1. The third-order valence-electron chi connectivity index (χ3n) is 2.98. The standard InChI is InChI=1S/C17H16N2O2/c1-13(20)16-4-2-3-5-17(16)19-10-11-21-15-8-6-14(12-18)7-9-15/h2-9,19H,10-11H2,1H3. The second-order valence-electron chi connectivity index (χ2n) is 4.51. The Morgan fingerprint density at radius 1 is 1.19 bits per heavy atom. The van der Waals surface area contributed by atoms with Crippen molar-refractivity contribution in [2.75, 3.05) is 18.5 Å². The molecule has 0 unspecified atom stereocenters. The summed E-state index contributed by atoms with van der Waals surface area (Å²) in [5.41, 5.74) is 2.10. The van der Waals surface area contributed by atoms with E-state index in [-0.39, 0.29) is 5.78 Å². The number of rotatable bonds is 6. The van der Waals surface area contributed by atoms with Gasteiger partial charge in [0, 0.05) is 17.8 Å². The van der Waals surface area contributed by atoms with Crippen LogP contribution in [-0.2, 0) is 0 Å². The first kappa shape index (κ1) is 14.6. The maximum atomic E-state index is 11.5. The van der Waals surface area contributed by atoms with Gasteiger partial charge in [-0.05, 0) is 43.3 Å². The minimum absolute atomic E-state index is 0.0334. The van der Waals surface area contributed by atoms with E-state index in [1.807, 2.05) is 18.2 Å². The van der Waals surface area contributed by atoms with Gasteiger partial charge >= 0.3 is 0 Å². The number of para-hydroxylation sites is 1. The molecule has 2 rings (SSSR count). The smallest absolute Gasteiger partial charge is 0.161 e. The first-order valence-corrected chi connectivity index (χ1v) is 6.67. The maximum absolute atomic E-state index is 11.5. The highest BCUT2D eigenvalue weighted by molar-refractivity contribution is 5.99. The maximum Gasteiger partial charge on any atom is 0.161 e. The van der Waals surface area contributed by atoms with Gasteiger partial charge in [0.25, 0.3) is 0 Å². The lowest BCUT2D eigenvalue weighted by Gasteiger charge is -2.11. The molecule has 106 valence electrons. The molecule has 0 heterocycles. The molecular weight excluding hydrogens is 264 g/mol. The molecule has 4 heteroatoms. The van der Waals surface area contributed by atoms with Gasteiger partial charge in [-0.15, -0.1) is 0 Å². The topological polar surface area (TPSA) is 62.1 Å². The van der Waals surface area contributed by atoms with Crippen LogP contribution in [-0.4, -0.2) is 18.9 Å². The number of Topliss-reactive ketones (excluding diaryl/α,β-unsaturated/α-hetero) is 1. The Kier molecular flexibility index (Phi) is 4.94. The summed E-state index contributed by atoms with van der Waals surface area (Å²) in [5.74, 6) is 0.752. The van der Waals surface area contributed by atoms with Gasteiger partial charge in [0.05, 0.1) is 11.6 Å². The van der Waals surface area contributed by atoms with Gasteiger partial charge < -0.3 is 10.1 Å². The molecule has 0 saturated heterocycles. The van der Waals surface area contributed by atoms with Crippen LogP contribution in [0.4, 0.5) is 5.69 Å². The van der Waals surface area contributed by atoms with E-state index >= 15 is 0 Å². The molecular formula is C17H16N2O2. The molecule has 0 aliphatic carbocycles. The van der Waals surface area contributed by atoms with Crippen LogP contribution in [0.5, 0.6) is 5.75 Å². The summed E-state index contributed by atoms with van der Waals surface area (Å²) < 4.78 is 5.57. The lowest BCUT2D eigenvalue weighted by Crippen LogP contribution is -2.13. The molecule has 0 aliphatic heterocycles. The summed E-state index contributed by atoms with van der Waals surface area (Å²) in [4.78, 5) is 11.5. The minimum Gasteiger partial charge on any atom is -0.492 e. The van der Waals surface area contributed by atoms with Crippen LogP contribution in [0.2, 0.25) is 0 Å². The van der Waals surface area contributed by atoms with Crippen molar-refractivity contribution in [1.29, 1.82) is 5.26 Å². The monoisotopic (exact) mass is 280 g/mol. The summed E-state index contributed by atoms with van der Waals surface area (Å²) in [7, 11) is 0. The number of carbonyl (C=O) groups is 1. The lowest BCUT2D eigenvalue weighted by molar-refractivity contribution is 0.101. The van der Waals surface area contributed by atoms with Crippen LogP contribution in [0, 0.1) is 11.3 Å². The number of hydrogen-bond acceptors (Lipinski definition) is 4. The second kappa shape index (κ2) is 7.11. The number of anilines is 1. The summed E-state index contributed by atoms with van der Waals surface area (Å²) >= 11 is 0. The van der Waals surface area contributed by atoms with Crippen molar-refractivity contribution >= 4 is 11.5 Å². The van der Waals surface area contributed by atoms with E-state index < -0.39 is 0 Å². The Balaban J connectivity index is 1.85. The molecule has 1 N–H and O–H groups in total. The summed E-state index contributed by atoms with van der Waals surface area (Å²) in [5, 5.41) is 11.9. The fourth-order valence-corrected chi connectivity index (χ4v) is 1.92. The fraction of sp³-hybridized carbons (Fsp3) is 0.176. The van der Waals surface area contributed by atoms with Crippen LogP contribution in [0.1, 0.15) is 22.8 Å². The molecule has 4 nitrogen and oxygen atoms in total. The molecule has 0 atom stereocenters. The van der Waals surface area contributed by atoms with Crippen molar-refractivity contribution in [3.63, 3.8) is 0 Å². The van der Waals surface area contributed by atoms with Gasteiger partial charge in [-0.3, -0.25) is 4.79 Å². The van der Waals surface area contributed by atoms with Gasteiger partial charge in [-0.25, -0.2) is 0 Å². The fourth-order valence-electron chi connectivity index (χ4n) is 1.92. The van der Waals surface area contributed by atoms with Gasteiger partial charge in [-0.2, -0.15) is 5.26 Å². The van der Waals surface area contributed by atoms with Gasteiger partial charge in [0.1, 0.15) is 12.4 Å². The molecule has 0 aliphatic rings. The molecule has 0 radical (unpaired) electrons. The predicted octanol–water partition coefficient (Wildman–Crippen LogP) is 3.25. The highest BCUT2D eigenvalue weighted by Gasteiger charge is 2.05. The average molecular weight is 280 g/mol. The van der Waals surface area contributed by atoms with Gasteiger partial charge in [0.15, 0.2) is 5.78 Å². The zero-order valence-corrected chi connectivity index (χ0v) is 11.8. The van der Waals surface area contributed by atoms with E-state index in [2.05, 4.69) is 11.4 Å². The highest BCUT2D eigenvalue weighted by Crippen LogP contribution is 2.15. The van der Waals surface area contributed by atoms with Gasteiger partial charge in [0.2, 0.25) is 0 Å². The summed E-state index contributed by atoms with van der Waals surface area (Å²) in [6, 6.07) is 16.4. The molecule has 2 aromatic rings. The van der Waals surface area contributed by atoms with Crippen molar-refractivity contribution in [2.24, 2.45) is 0 Å². The lowest BCUT2D eigenvalue weighted by atomic mass is 10.1. The number of ether oxygens (including phenoxy) is 1. The van der Waals surface area contributed by atoms with Crippen molar-refractivity contribution in [1.82, 2.24) is 0 Å². The molecule has 0 saturated carbocycles. The third kappa shape index (κ3) is 4.08. The molecule has 0 spiro atoms. The third-order valence-corrected chi connectivity index (χ3v) is 2.98. The van der Waals surface area contributed by atoms with Crippen LogP contribution in [0.15, 0.2) is 48.5 Å². The van der Waals surface area contributed by atoms with Gasteiger partial charge in [-0.1, -0.05) is 12.1 Å². The molecule has 21 heavy (non-hydrogen) atoms. The van der Waals surface area contributed by atoms with E-state index in [1.54, 1.807) is 37.3 Å². The predicted molar refractivity (Wildman–Crippen MR) is 81.6 cm³/mol. The van der Waals surface area contributed by atoms with Crippen LogP contribution < -0.4 is 10.1 Å². The number of benzene rings is 2. The SMILES string of the molecule is CC(=O)c1ccccc1NCCOc1ccc(C#N)cc1. The van der Waals surface area contributed by atoms with Crippen molar-refractivity contribution in [3.8, 4) is 11.8 Å². The molecule has 0 aromatic heterocycles. The van der Waals surface area contributed by atoms with Crippen LogP contribution in [0.3, 0.4) is 0 Å². The van der Waals surface area contributed by atoms with Crippen LogP contribution >= 0.6 is 0 Å². The highest BCUT2D eigenvalue weighted by atomic mass is 16.5. The Hall–Kier alpha value is -2.80. The summed E-state index contributed by atoms with van der Waals surface area (Å²) in [6.45, 7) is 2.61. The van der Waals surface area contributed by atoms with E-state index in [4.69, 9.17) is 10.00 Å². The number of nitrogens with one attached hydrogen (secondary N) is 1. The van der Waals surface area contributed by atoms with Crippen molar-refractivity contribution in [3.05, 3.63) is 59.7 Å². The molecule has 0 fully saturated rings. The van der Waals surface area contributed by atoms with Crippen molar-refractivity contribution in [2.45, 2.75) is 6.92 Å². The quantitative estimate of drug-likeness (QED) is 0.651. The Morgan fingerprint density at radius 2 is 1.90 bits per heavy atom. The first-order valence-electron chi connectivity index (χ1n) is 6.67. The number of carbonyl (C=O) groups excluding carboxylic acids is 1. The zero-order chi connectivity index (χ0) is 15.1. The normalized spacial score (nSPS) is 9.71.